The van der Waals surface area contributed by atoms with E-state index in [-0.39, 0.29) is 5.91 Å². The topological polar surface area (TPSA) is 76.0 Å². The SMILES string of the molecule is Cc1nn(-c2ccc(C(=O)NNC(=O)c3ccccc3)cc2)c(C)c1Cl. The Morgan fingerprint density at radius 3 is 1.92 bits per heavy atom. The standard InChI is InChI=1S/C19H17ClN4O2/c1-12-17(20)13(2)24(23-12)16-10-8-15(9-11-16)19(26)22-21-18(25)14-6-4-3-5-7-14/h3-11H,1-2H3,(H,21,25)(H,22,26). The number of rotatable bonds is 3. The van der Waals surface area contributed by atoms with Crippen LogP contribution in [-0.4, -0.2) is 21.6 Å². The Morgan fingerprint density at radius 2 is 1.42 bits per heavy atom. The molecular weight excluding hydrogens is 352 g/mol. The van der Waals surface area contributed by atoms with Gasteiger partial charge in [0.25, 0.3) is 11.8 Å². The predicted octanol–water partition coefficient (Wildman–Crippen LogP) is 3.22. The number of benzene rings is 2. The molecule has 2 amide bonds. The molecule has 0 fully saturated rings. The van der Waals surface area contributed by atoms with Crippen LogP contribution in [0.3, 0.4) is 0 Å². The number of hydrogen-bond acceptors (Lipinski definition) is 3. The molecule has 0 radical (unpaired) electrons. The molecule has 2 aromatic carbocycles. The van der Waals surface area contributed by atoms with E-state index < -0.39 is 5.91 Å². The van der Waals surface area contributed by atoms with Gasteiger partial charge in [-0.15, -0.1) is 0 Å². The molecule has 0 atom stereocenters. The first kappa shape index (κ1) is 17.7. The third-order valence-corrected chi connectivity index (χ3v) is 4.45. The quantitative estimate of drug-likeness (QED) is 0.697. The summed E-state index contributed by atoms with van der Waals surface area (Å²) >= 11 is 6.16. The van der Waals surface area contributed by atoms with Gasteiger partial charge in [0.2, 0.25) is 0 Å². The van der Waals surface area contributed by atoms with Gasteiger partial charge in [-0.1, -0.05) is 29.8 Å². The highest BCUT2D eigenvalue weighted by Gasteiger charge is 2.12. The predicted molar refractivity (Wildman–Crippen MR) is 99.4 cm³/mol. The second-order valence-corrected chi connectivity index (χ2v) is 6.10. The average Bonchev–Trinajstić information content (AvgIpc) is 2.94. The van der Waals surface area contributed by atoms with Crippen molar-refractivity contribution in [1.29, 1.82) is 0 Å². The van der Waals surface area contributed by atoms with Gasteiger partial charge in [0.05, 0.1) is 22.1 Å². The van der Waals surface area contributed by atoms with Gasteiger partial charge in [0.1, 0.15) is 0 Å². The van der Waals surface area contributed by atoms with Crippen LogP contribution in [0, 0.1) is 13.8 Å². The lowest BCUT2D eigenvalue weighted by Gasteiger charge is -2.09. The molecule has 132 valence electrons. The minimum atomic E-state index is -0.410. The number of nitrogens with one attached hydrogen (secondary N) is 2. The van der Waals surface area contributed by atoms with E-state index in [1.54, 1.807) is 53.2 Å². The highest BCUT2D eigenvalue weighted by molar-refractivity contribution is 6.31. The summed E-state index contributed by atoms with van der Waals surface area (Å²) < 4.78 is 1.72. The number of hydrazine groups is 1. The van der Waals surface area contributed by atoms with Gasteiger partial charge in [0.15, 0.2) is 0 Å². The Balaban J connectivity index is 1.67. The molecule has 3 rings (SSSR count). The molecular formula is C19H17ClN4O2. The number of carbonyl (C=O) groups is 2. The largest absolute Gasteiger partial charge is 0.269 e. The molecule has 0 spiro atoms. The van der Waals surface area contributed by atoms with E-state index in [4.69, 9.17) is 11.6 Å². The molecule has 0 saturated carbocycles. The normalized spacial score (nSPS) is 10.4. The Bertz CT molecular complexity index is 950. The Hall–Kier alpha value is -3.12. The number of hydrogen-bond donors (Lipinski definition) is 2. The molecule has 3 aromatic rings. The van der Waals surface area contributed by atoms with Gasteiger partial charge in [-0.3, -0.25) is 20.4 Å². The molecule has 0 aliphatic rings. The lowest BCUT2D eigenvalue weighted by molar-refractivity contribution is 0.0846. The molecule has 0 aliphatic carbocycles. The lowest BCUT2D eigenvalue weighted by Crippen LogP contribution is -2.41. The fraction of sp³-hybridized carbons (Fsp3) is 0.105. The fourth-order valence-corrected chi connectivity index (χ4v) is 2.59. The van der Waals surface area contributed by atoms with Crippen LogP contribution in [0.5, 0.6) is 0 Å². The average molecular weight is 369 g/mol. The number of halogens is 1. The van der Waals surface area contributed by atoms with E-state index in [2.05, 4.69) is 16.0 Å². The summed E-state index contributed by atoms with van der Waals surface area (Å²) in [5.41, 5.74) is 8.03. The van der Waals surface area contributed by atoms with Crippen molar-refractivity contribution in [3.8, 4) is 5.69 Å². The summed E-state index contributed by atoms with van der Waals surface area (Å²) in [4.78, 5) is 24.1. The van der Waals surface area contributed by atoms with Crippen LogP contribution < -0.4 is 10.9 Å². The zero-order valence-electron chi connectivity index (χ0n) is 14.3. The Kier molecular flexibility index (Phi) is 5.04. The van der Waals surface area contributed by atoms with Crippen molar-refractivity contribution in [3.63, 3.8) is 0 Å². The van der Waals surface area contributed by atoms with Gasteiger partial charge in [-0.05, 0) is 50.2 Å². The molecule has 1 heterocycles. The minimum Gasteiger partial charge on any atom is -0.267 e. The maximum Gasteiger partial charge on any atom is 0.269 e. The smallest absolute Gasteiger partial charge is 0.267 e. The van der Waals surface area contributed by atoms with Crippen LogP contribution >= 0.6 is 11.6 Å². The van der Waals surface area contributed by atoms with Crippen LogP contribution in [-0.2, 0) is 0 Å². The summed E-state index contributed by atoms with van der Waals surface area (Å²) in [6.07, 6.45) is 0. The molecule has 6 nitrogen and oxygen atoms in total. The molecule has 0 saturated heterocycles. The van der Waals surface area contributed by atoms with E-state index in [1.807, 2.05) is 19.9 Å². The number of aryl methyl sites for hydroxylation is 1. The number of amides is 2. The van der Waals surface area contributed by atoms with E-state index in [1.165, 1.54) is 0 Å². The van der Waals surface area contributed by atoms with Crippen LogP contribution in [0.4, 0.5) is 0 Å². The maximum atomic E-state index is 12.2. The first-order valence-electron chi connectivity index (χ1n) is 7.95. The van der Waals surface area contributed by atoms with Crippen LogP contribution in [0.15, 0.2) is 54.6 Å². The van der Waals surface area contributed by atoms with Gasteiger partial charge in [-0.2, -0.15) is 5.10 Å². The van der Waals surface area contributed by atoms with Crippen molar-refractivity contribution in [2.45, 2.75) is 13.8 Å². The summed E-state index contributed by atoms with van der Waals surface area (Å²) in [5.74, 6) is -0.792. The van der Waals surface area contributed by atoms with Gasteiger partial charge in [-0.25, -0.2) is 4.68 Å². The second kappa shape index (κ2) is 7.41. The number of carbonyl (C=O) groups excluding carboxylic acids is 2. The number of nitrogens with zero attached hydrogens (tertiary/aromatic N) is 2. The maximum absolute atomic E-state index is 12.2. The third kappa shape index (κ3) is 3.60. The van der Waals surface area contributed by atoms with Crippen LogP contribution in [0.1, 0.15) is 32.1 Å². The van der Waals surface area contributed by atoms with E-state index in [0.717, 1.165) is 17.1 Å². The van der Waals surface area contributed by atoms with Gasteiger partial charge >= 0.3 is 0 Å². The summed E-state index contributed by atoms with van der Waals surface area (Å²) in [6.45, 7) is 3.71. The van der Waals surface area contributed by atoms with E-state index in [0.29, 0.717) is 16.1 Å². The summed E-state index contributed by atoms with van der Waals surface area (Å²) in [7, 11) is 0. The monoisotopic (exact) mass is 368 g/mol. The zero-order valence-corrected chi connectivity index (χ0v) is 15.0. The third-order valence-electron chi connectivity index (χ3n) is 3.90. The minimum absolute atomic E-state index is 0.382. The molecule has 2 N–H and O–H groups in total. The first-order chi connectivity index (χ1) is 12.5. The molecule has 1 aromatic heterocycles. The van der Waals surface area contributed by atoms with Crippen molar-refractivity contribution in [3.05, 3.63) is 82.1 Å². The summed E-state index contributed by atoms with van der Waals surface area (Å²) in [5, 5.41) is 5.00. The highest BCUT2D eigenvalue weighted by Crippen LogP contribution is 2.22. The fourth-order valence-electron chi connectivity index (χ4n) is 2.48. The molecule has 26 heavy (non-hydrogen) atoms. The van der Waals surface area contributed by atoms with Crippen molar-refractivity contribution in [1.82, 2.24) is 20.6 Å². The van der Waals surface area contributed by atoms with E-state index >= 15 is 0 Å². The van der Waals surface area contributed by atoms with Gasteiger partial charge in [0, 0.05) is 11.1 Å². The van der Waals surface area contributed by atoms with E-state index in [9.17, 15) is 9.59 Å². The highest BCUT2D eigenvalue weighted by atomic mass is 35.5. The molecule has 0 unspecified atom stereocenters. The molecule has 0 bridgehead atoms. The first-order valence-corrected chi connectivity index (χ1v) is 8.33. The van der Waals surface area contributed by atoms with Crippen LogP contribution in [0.25, 0.3) is 5.69 Å². The van der Waals surface area contributed by atoms with Crippen LogP contribution in [0.2, 0.25) is 5.02 Å². The van der Waals surface area contributed by atoms with Crippen molar-refractivity contribution in [2.24, 2.45) is 0 Å². The zero-order chi connectivity index (χ0) is 18.7. The van der Waals surface area contributed by atoms with Gasteiger partial charge < -0.3 is 0 Å². The Labute approximate surface area is 155 Å². The van der Waals surface area contributed by atoms with Crippen molar-refractivity contribution in [2.75, 3.05) is 0 Å². The summed E-state index contributed by atoms with van der Waals surface area (Å²) in [6, 6.07) is 15.5. The molecule has 7 heteroatoms. The molecule has 0 aliphatic heterocycles. The second-order valence-electron chi connectivity index (χ2n) is 5.72. The lowest BCUT2D eigenvalue weighted by atomic mass is 10.2. The van der Waals surface area contributed by atoms with Crippen molar-refractivity contribution < 1.29 is 9.59 Å². The number of aromatic nitrogens is 2. The Morgan fingerprint density at radius 1 is 0.885 bits per heavy atom. The van der Waals surface area contributed by atoms with Crippen molar-refractivity contribution >= 4 is 23.4 Å².